The molecule has 1 fully saturated rings. The number of nitro benzene ring substituents is 1. The molecule has 0 aliphatic carbocycles. The predicted octanol–water partition coefficient (Wildman–Crippen LogP) is 1.72. The van der Waals surface area contributed by atoms with Crippen LogP contribution in [0.5, 0.6) is 5.75 Å². The number of carbonyl (C=O) groups is 2. The Morgan fingerprint density at radius 1 is 1.55 bits per heavy atom. The summed E-state index contributed by atoms with van der Waals surface area (Å²) in [5.74, 6) is -0.595. The van der Waals surface area contributed by atoms with E-state index in [2.05, 4.69) is 0 Å². The van der Waals surface area contributed by atoms with Crippen molar-refractivity contribution in [2.45, 2.75) is 6.42 Å². The van der Waals surface area contributed by atoms with Gasteiger partial charge < -0.3 is 9.64 Å². The van der Waals surface area contributed by atoms with Crippen molar-refractivity contribution in [2.24, 2.45) is 5.92 Å². The minimum absolute atomic E-state index is 0.00577. The second-order valence-electron chi connectivity index (χ2n) is 4.32. The Bertz CT molecular complexity index is 589. The highest BCUT2D eigenvalue weighted by atomic mass is 35.5. The van der Waals surface area contributed by atoms with E-state index in [1.54, 1.807) is 0 Å². The van der Waals surface area contributed by atoms with Crippen LogP contribution >= 0.6 is 11.6 Å². The van der Waals surface area contributed by atoms with E-state index in [0.29, 0.717) is 5.75 Å². The first-order valence-electron chi connectivity index (χ1n) is 5.76. The van der Waals surface area contributed by atoms with Gasteiger partial charge in [0.05, 0.1) is 23.6 Å². The lowest BCUT2D eigenvalue weighted by Gasteiger charge is -2.18. The zero-order valence-electron chi connectivity index (χ0n) is 10.5. The van der Waals surface area contributed by atoms with Crippen molar-refractivity contribution in [3.05, 3.63) is 28.3 Å². The number of benzene rings is 1. The summed E-state index contributed by atoms with van der Waals surface area (Å²) in [4.78, 5) is 34.6. The van der Waals surface area contributed by atoms with Gasteiger partial charge in [-0.05, 0) is 17.7 Å². The first-order valence-corrected chi connectivity index (χ1v) is 6.14. The molecular formula is C12H11ClN2O5. The number of carbonyl (C=O) groups excluding carboxylic acids is 2. The number of methoxy groups -OCH3 is 1. The number of non-ortho nitro benzene ring substituents is 1. The molecule has 7 nitrogen and oxygen atoms in total. The van der Waals surface area contributed by atoms with Gasteiger partial charge in [-0.2, -0.15) is 0 Å². The number of rotatable bonds is 4. The minimum atomic E-state index is -0.604. The third-order valence-corrected chi connectivity index (χ3v) is 3.42. The molecule has 1 unspecified atom stereocenters. The fraction of sp³-hybridized carbons (Fsp3) is 0.333. The molecule has 20 heavy (non-hydrogen) atoms. The molecule has 1 atom stereocenters. The molecular weight excluding hydrogens is 288 g/mol. The lowest BCUT2D eigenvalue weighted by Crippen LogP contribution is -2.25. The lowest BCUT2D eigenvalue weighted by molar-refractivity contribution is -0.384. The summed E-state index contributed by atoms with van der Waals surface area (Å²) in [7, 11) is 1.40. The third-order valence-electron chi connectivity index (χ3n) is 3.11. The minimum Gasteiger partial charge on any atom is -0.495 e. The Labute approximate surface area is 119 Å². The molecule has 0 bridgehead atoms. The van der Waals surface area contributed by atoms with E-state index in [4.69, 9.17) is 16.3 Å². The average Bonchev–Trinajstić information content (AvgIpc) is 2.80. The Morgan fingerprint density at radius 2 is 2.25 bits per heavy atom. The zero-order chi connectivity index (χ0) is 14.9. The standard InChI is InChI=1S/C12H11ClN2O5/c1-20-10-3-2-8(15(18)19)5-9(10)14-6-7(12(13)17)4-11(14)16/h2-3,5,7H,4,6H2,1H3. The molecule has 1 aliphatic heterocycles. The van der Waals surface area contributed by atoms with Crippen molar-refractivity contribution in [3.63, 3.8) is 0 Å². The zero-order valence-corrected chi connectivity index (χ0v) is 11.3. The van der Waals surface area contributed by atoms with Gasteiger partial charge in [-0.15, -0.1) is 0 Å². The van der Waals surface area contributed by atoms with Gasteiger partial charge in [-0.25, -0.2) is 0 Å². The van der Waals surface area contributed by atoms with E-state index in [1.165, 1.54) is 30.2 Å². The monoisotopic (exact) mass is 298 g/mol. The number of halogens is 1. The van der Waals surface area contributed by atoms with Crippen LogP contribution in [0.2, 0.25) is 0 Å². The van der Waals surface area contributed by atoms with Gasteiger partial charge in [0.25, 0.3) is 5.69 Å². The number of nitro groups is 1. The van der Waals surface area contributed by atoms with Crippen molar-refractivity contribution >= 4 is 34.1 Å². The van der Waals surface area contributed by atoms with Crippen molar-refractivity contribution in [3.8, 4) is 5.75 Å². The number of amides is 1. The van der Waals surface area contributed by atoms with Crippen LogP contribution in [0.3, 0.4) is 0 Å². The predicted molar refractivity (Wildman–Crippen MR) is 71.0 cm³/mol. The molecule has 0 saturated carbocycles. The molecule has 0 radical (unpaired) electrons. The summed E-state index contributed by atoms with van der Waals surface area (Å²) >= 11 is 5.40. The first-order chi connectivity index (χ1) is 9.43. The van der Waals surface area contributed by atoms with E-state index in [-0.39, 0.29) is 30.2 Å². The average molecular weight is 299 g/mol. The molecule has 1 aliphatic rings. The quantitative estimate of drug-likeness (QED) is 0.479. The van der Waals surface area contributed by atoms with Crippen molar-refractivity contribution in [1.82, 2.24) is 0 Å². The Morgan fingerprint density at radius 3 is 2.75 bits per heavy atom. The van der Waals surface area contributed by atoms with Gasteiger partial charge in [0.1, 0.15) is 5.75 Å². The van der Waals surface area contributed by atoms with Gasteiger partial charge in [0.2, 0.25) is 11.1 Å². The molecule has 0 spiro atoms. The summed E-state index contributed by atoms with van der Waals surface area (Å²) in [6.07, 6.45) is -0.00577. The van der Waals surface area contributed by atoms with Crippen LogP contribution in [0.4, 0.5) is 11.4 Å². The second kappa shape index (κ2) is 5.46. The van der Waals surface area contributed by atoms with Gasteiger partial charge in [-0.3, -0.25) is 19.7 Å². The van der Waals surface area contributed by atoms with E-state index in [1.807, 2.05) is 0 Å². The molecule has 1 aromatic carbocycles. The largest absolute Gasteiger partial charge is 0.495 e. The van der Waals surface area contributed by atoms with E-state index >= 15 is 0 Å². The first kappa shape index (κ1) is 14.3. The Balaban J connectivity index is 2.40. The maximum absolute atomic E-state index is 11.9. The Hall–Kier alpha value is -2.15. The van der Waals surface area contributed by atoms with Crippen molar-refractivity contribution in [1.29, 1.82) is 0 Å². The van der Waals surface area contributed by atoms with E-state index in [9.17, 15) is 19.7 Å². The molecule has 8 heteroatoms. The van der Waals surface area contributed by atoms with Gasteiger partial charge in [0, 0.05) is 25.1 Å². The third kappa shape index (κ3) is 2.57. The highest BCUT2D eigenvalue weighted by Crippen LogP contribution is 2.36. The molecule has 1 heterocycles. The fourth-order valence-corrected chi connectivity index (χ4v) is 2.24. The fourth-order valence-electron chi connectivity index (χ4n) is 2.10. The lowest BCUT2D eigenvalue weighted by atomic mass is 10.1. The van der Waals surface area contributed by atoms with Crippen LogP contribution < -0.4 is 9.64 Å². The number of hydrogen-bond acceptors (Lipinski definition) is 5. The topological polar surface area (TPSA) is 89.8 Å². The van der Waals surface area contributed by atoms with Crippen LogP contribution in [0.25, 0.3) is 0 Å². The molecule has 1 saturated heterocycles. The maximum atomic E-state index is 11.9. The maximum Gasteiger partial charge on any atom is 0.271 e. The molecule has 0 N–H and O–H groups in total. The van der Waals surface area contributed by atoms with Crippen LogP contribution in [0.15, 0.2) is 18.2 Å². The van der Waals surface area contributed by atoms with Gasteiger partial charge in [0.15, 0.2) is 0 Å². The second-order valence-corrected chi connectivity index (χ2v) is 4.70. The summed E-state index contributed by atoms with van der Waals surface area (Å²) < 4.78 is 5.10. The summed E-state index contributed by atoms with van der Waals surface area (Å²) in [5.41, 5.74) is 0.112. The van der Waals surface area contributed by atoms with Crippen LogP contribution in [0, 0.1) is 16.0 Å². The van der Waals surface area contributed by atoms with Crippen LogP contribution in [0.1, 0.15) is 6.42 Å². The molecule has 0 aromatic heterocycles. The van der Waals surface area contributed by atoms with Crippen molar-refractivity contribution in [2.75, 3.05) is 18.6 Å². The molecule has 1 aromatic rings. The molecule has 1 amide bonds. The SMILES string of the molecule is COc1ccc([N+](=O)[O-])cc1N1CC(C(=O)Cl)CC1=O. The molecule has 2 rings (SSSR count). The number of ether oxygens (including phenoxy) is 1. The number of anilines is 1. The van der Waals surface area contributed by atoms with Gasteiger partial charge >= 0.3 is 0 Å². The number of hydrogen-bond donors (Lipinski definition) is 0. The summed E-state index contributed by atoms with van der Waals surface area (Å²) in [6.45, 7) is 0.0959. The highest BCUT2D eigenvalue weighted by Gasteiger charge is 2.36. The normalized spacial score (nSPS) is 18.2. The van der Waals surface area contributed by atoms with Crippen LogP contribution in [-0.4, -0.2) is 29.7 Å². The summed E-state index contributed by atoms with van der Waals surface area (Å²) in [6, 6.07) is 3.95. The van der Waals surface area contributed by atoms with Crippen LogP contribution in [-0.2, 0) is 9.59 Å². The Kier molecular flexibility index (Phi) is 3.89. The van der Waals surface area contributed by atoms with E-state index in [0.717, 1.165) is 0 Å². The summed E-state index contributed by atoms with van der Waals surface area (Å²) in [5, 5.41) is 10.2. The van der Waals surface area contributed by atoms with Gasteiger partial charge in [-0.1, -0.05) is 0 Å². The highest BCUT2D eigenvalue weighted by molar-refractivity contribution is 6.64. The molecule has 106 valence electrons. The van der Waals surface area contributed by atoms with Crippen molar-refractivity contribution < 1.29 is 19.2 Å². The smallest absolute Gasteiger partial charge is 0.271 e. The number of nitrogens with zero attached hydrogens (tertiary/aromatic N) is 2. The van der Waals surface area contributed by atoms with E-state index < -0.39 is 16.1 Å².